The Hall–Kier alpha value is -3.06. The largest absolute Gasteiger partial charge is 0.480 e. The number of carboxylic acids is 3. The standard InChI is InChI=1S/2C28H45NO4.C22H34O3.C6H11NO2/c2*1-19-11-12-23-27(2,21(19)14-17-29-16-7-6-10-22(29)25(30)31)15-13-24-28(23,3)18-32-26(33-24)20-8-4-5-9-20;1-15-8-9-18-21(2,17(15)11-13-23)12-10-19-22(18,3)14-24-20(25-19)16-6-4-5-7-16;8-6(9)5-3-1-2-4-7-5/h2*20-24,26H,1,4-18H2,2-3H3,(H,30,31);13,16-20H,1,4-12,14H2,2-3H3;5,7H,1-4H2,(H,8,9)/t2*21-,22-,23?,24-,26-,27+,28+;17-,18?,19-,20-,21+,22+;5-/m1111/s1. The van der Waals surface area contributed by atoms with E-state index in [2.05, 4.69) is 76.4 Å². The normalized spacial score (nSPS) is 44.1. The zero-order chi connectivity index (χ0) is 70.8. The minimum atomic E-state index is -0.713. The third kappa shape index (κ3) is 15.6. The van der Waals surface area contributed by atoms with E-state index in [1.54, 1.807) is 0 Å². The van der Waals surface area contributed by atoms with Crippen molar-refractivity contribution >= 4 is 24.2 Å². The molecule has 0 spiro atoms. The number of carbonyl (C=O) groups is 4. The van der Waals surface area contributed by atoms with Crippen molar-refractivity contribution in [2.45, 2.75) is 328 Å². The van der Waals surface area contributed by atoms with Crippen molar-refractivity contribution in [1.29, 1.82) is 0 Å². The molecular formula is C84H135N3O13. The van der Waals surface area contributed by atoms with Crippen molar-refractivity contribution in [3.05, 3.63) is 36.5 Å². The van der Waals surface area contributed by atoms with E-state index in [-0.39, 0.29) is 69.5 Å². The average Bonchev–Trinajstić information content (AvgIpc) is 0.741. The first-order chi connectivity index (χ1) is 47.9. The fraction of sp³-hybridized carbons (Fsp3) is 0.881. The molecule has 0 bridgehead atoms. The van der Waals surface area contributed by atoms with Gasteiger partial charge >= 0.3 is 17.9 Å². The van der Waals surface area contributed by atoms with Crippen LogP contribution in [0.25, 0.3) is 0 Å². The average molecular weight is 1400 g/mol. The van der Waals surface area contributed by atoms with Gasteiger partial charge in [0.15, 0.2) is 18.9 Å². The van der Waals surface area contributed by atoms with Crippen molar-refractivity contribution in [1.82, 2.24) is 15.1 Å². The van der Waals surface area contributed by atoms with E-state index in [4.69, 9.17) is 33.5 Å². The van der Waals surface area contributed by atoms with Crippen LogP contribution < -0.4 is 5.32 Å². The lowest BCUT2D eigenvalue weighted by Gasteiger charge is -2.63. The number of carbonyl (C=O) groups excluding carboxylic acids is 1. The van der Waals surface area contributed by atoms with E-state index in [0.29, 0.717) is 78.0 Å². The van der Waals surface area contributed by atoms with Crippen LogP contribution >= 0.6 is 0 Å². The van der Waals surface area contributed by atoms with Gasteiger partial charge < -0.3 is 53.9 Å². The highest BCUT2D eigenvalue weighted by Crippen LogP contribution is 2.67. The molecular weight excluding hydrogens is 1260 g/mol. The maximum atomic E-state index is 11.8. The van der Waals surface area contributed by atoms with Crippen LogP contribution in [0.5, 0.6) is 0 Å². The van der Waals surface area contributed by atoms with Crippen molar-refractivity contribution in [3.63, 3.8) is 0 Å². The summed E-state index contributed by atoms with van der Waals surface area (Å²) in [4.78, 5) is 49.7. The lowest BCUT2D eigenvalue weighted by atomic mass is 9.46. The predicted octanol–water partition coefficient (Wildman–Crippen LogP) is 16.4. The Kier molecular flexibility index (Phi) is 24.9. The van der Waals surface area contributed by atoms with Gasteiger partial charge in [0.25, 0.3) is 0 Å². The first kappa shape index (κ1) is 76.6. The van der Waals surface area contributed by atoms with E-state index in [0.717, 1.165) is 174 Å². The highest BCUT2D eigenvalue weighted by Gasteiger charge is 2.64. The van der Waals surface area contributed by atoms with Gasteiger partial charge in [-0.3, -0.25) is 24.2 Å². The van der Waals surface area contributed by atoms with Gasteiger partial charge in [0, 0.05) is 40.4 Å². The van der Waals surface area contributed by atoms with E-state index in [1.165, 1.54) is 126 Å². The van der Waals surface area contributed by atoms with Crippen molar-refractivity contribution in [3.8, 4) is 0 Å². The number of carboxylic acid groups (broad SMARTS) is 3. The van der Waals surface area contributed by atoms with Crippen molar-refractivity contribution in [2.24, 2.45) is 85.8 Å². The minimum absolute atomic E-state index is 0.0105. The summed E-state index contributed by atoms with van der Waals surface area (Å²) in [7, 11) is 0. The van der Waals surface area contributed by atoms with Crippen LogP contribution in [0, 0.1) is 85.8 Å². The van der Waals surface area contributed by atoms with Crippen LogP contribution in [0.15, 0.2) is 36.5 Å². The Bertz CT molecular complexity index is 2710. The second kappa shape index (κ2) is 32.6. The van der Waals surface area contributed by atoms with E-state index in [9.17, 15) is 29.4 Å². The molecule has 6 heterocycles. The van der Waals surface area contributed by atoms with Crippen molar-refractivity contribution < 1.29 is 62.9 Å². The molecule has 6 aliphatic heterocycles. The van der Waals surface area contributed by atoms with E-state index < -0.39 is 17.9 Å². The number of hydrogen-bond donors (Lipinski definition) is 4. The first-order valence-corrected chi connectivity index (χ1v) is 41.1. The lowest BCUT2D eigenvalue weighted by molar-refractivity contribution is -0.316. The number of ether oxygens (including phenoxy) is 6. The third-order valence-corrected chi connectivity index (χ3v) is 31.0. The number of rotatable bonds is 14. The van der Waals surface area contributed by atoms with Crippen LogP contribution in [0.4, 0.5) is 0 Å². The number of aliphatic carboxylic acids is 3. The van der Waals surface area contributed by atoms with Crippen LogP contribution in [0.2, 0.25) is 0 Å². The maximum absolute atomic E-state index is 11.8. The smallest absolute Gasteiger partial charge is 0.320 e. The molecule has 6 saturated heterocycles. The second-order valence-electron chi connectivity index (χ2n) is 36.7. The van der Waals surface area contributed by atoms with Gasteiger partial charge in [-0.2, -0.15) is 0 Å². The highest BCUT2D eigenvalue weighted by molar-refractivity contribution is 5.74. The Morgan fingerprint density at radius 3 is 1.10 bits per heavy atom. The molecule has 0 aromatic carbocycles. The van der Waals surface area contributed by atoms with Crippen LogP contribution in [0.1, 0.15) is 273 Å². The Morgan fingerprint density at radius 1 is 0.440 bits per heavy atom. The molecule has 0 amide bonds. The molecule has 0 aromatic heterocycles. The van der Waals surface area contributed by atoms with Gasteiger partial charge in [-0.05, 0) is 251 Å². The molecule has 564 valence electrons. The summed E-state index contributed by atoms with van der Waals surface area (Å²) in [5.41, 5.74) is 4.82. The number of nitrogens with one attached hydrogen (secondary N) is 1. The summed E-state index contributed by atoms with van der Waals surface area (Å²) in [5, 5.41) is 30.8. The number of hydrogen-bond acceptors (Lipinski definition) is 13. The topological polar surface area (TPSA) is 203 Å². The maximum Gasteiger partial charge on any atom is 0.320 e. The molecule has 16 nitrogen and oxygen atoms in total. The minimum Gasteiger partial charge on any atom is -0.480 e. The summed E-state index contributed by atoms with van der Waals surface area (Å²) < 4.78 is 39.3. The second-order valence-corrected chi connectivity index (χ2v) is 36.7. The third-order valence-electron chi connectivity index (χ3n) is 31.0. The molecule has 15 fully saturated rings. The Morgan fingerprint density at radius 2 is 0.780 bits per heavy atom. The van der Waals surface area contributed by atoms with Gasteiger partial charge in [-0.25, -0.2) is 0 Å². The number of likely N-dealkylation sites (tertiary alicyclic amines) is 2. The Labute approximate surface area is 602 Å². The fourth-order valence-corrected chi connectivity index (χ4v) is 25.3. The monoisotopic (exact) mass is 1390 g/mol. The van der Waals surface area contributed by atoms with Crippen LogP contribution in [-0.2, 0) is 47.6 Å². The first-order valence-electron chi connectivity index (χ1n) is 41.1. The summed E-state index contributed by atoms with van der Waals surface area (Å²) in [6, 6.07) is -0.890. The molecule has 4 N–H and O–H groups in total. The summed E-state index contributed by atoms with van der Waals surface area (Å²) in [6.45, 7) is 35.0. The fourth-order valence-electron chi connectivity index (χ4n) is 25.3. The quantitative estimate of drug-likeness (QED) is 0.0944. The van der Waals surface area contributed by atoms with Crippen molar-refractivity contribution in [2.75, 3.05) is 52.5 Å². The number of aldehydes is 1. The number of allylic oxidation sites excluding steroid dienone is 3. The molecule has 21 atom stereocenters. The summed E-state index contributed by atoms with van der Waals surface area (Å²) >= 11 is 0. The predicted molar refractivity (Wildman–Crippen MR) is 389 cm³/mol. The number of piperidine rings is 3. The number of nitrogens with zero attached hydrogens (tertiary/aromatic N) is 2. The highest BCUT2D eigenvalue weighted by atomic mass is 16.7. The molecule has 16 heteroatoms. The SMILES string of the molecule is C=C1CCC2[C@]3(C)CO[C@@H](C4CCCC4)O[C@@H]3CC[C@@]2(C)[C@@H]1CC=O.C=C1CCC2[C@]3(C)CO[C@@H](C4CCCC4)O[C@@H]3CC[C@@]2(C)[C@@H]1CCN1CCCC[C@@H]1C(=O)O.C=C1CCC2[C@]3(C)CO[C@@H](C4CCCC4)O[C@@H]3CC[C@@]2(C)[C@@H]1CCN1CCCC[C@@H]1C(=O)O.O=C(O)[C@H]1CCCCN1. The molecule has 100 heavy (non-hydrogen) atoms. The van der Waals surface area contributed by atoms with Crippen LogP contribution in [-0.4, -0.2) is 157 Å². The number of fused-ring (bicyclic) bond motifs is 9. The lowest BCUT2D eigenvalue weighted by Crippen LogP contribution is -2.62. The van der Waals surface area contributed by atoms with Crippen LogP contribution in [0.3, 0.4) is 0 Å². The Balaban J connectivity index is 0.000000135. The van der Waals surface area contributed by atoms with Gasteiger partial charge in [0.1, 0.15) is 24.4 Å². The van der Waals surface area contributed by atoms with Gasteiger partial charge in [-0.1, -0.05) is 136 Å². The van der Waals surface area contributed by atoms with Gasteiger partial charge in [0.05, 0.1) is 38.1 Å². The molecule has 3 unspecified atom stereocenters. The molecule has 9 saturated carbocycles. The molecule has 15 rings (SSSR count). The summed E-state index contributed by atoms with van der Waals surface area (Å²) in [6.07, 6.45) is 42.6. The zero-order valence-corrected chi connectivity index (χ0v) is 63.0. The molecule has 15 aliphatic rings. The van der Waals surface area contributed by atoms with E-state index >= 15 is 0 Å². The van der Waals surface area contributed by atoms with Gasteiger partial charge in [-0.15, -0.1) is 0 Å². The molecule has 0 radical (unpaired) electrons. The van der Waals surface area contributed by atoms with Gasteiger partial charge in [0.2, 0.25) is 0 Å². The van der Waals surface area contributed by atoms with E-state index in [1.807, 2.05) is 0 Å². The summed E-state index contributed by atoms with van der Waals surface area (Å²) in [5.74, 6) is 2.71. The molecule has 9 aliphatic carbocycles. The zero-order valence-electron chi connectivity index (χ0n) is 63.0. The molecule has 0 aromatic rings.